The Hall–Kier alpha value is -2.86. The zero-order chi connectivity index (χ0) is 28.9. The first-order chi connectivity index (χ1) is 18.4. The van der Waals surface area contributed by atoms with Crippen LogP contribution < -0.4 is 0 Å². The van der Waals surface area contributed by atoms with Crippen LogP contribution >= 0.6 is 0 Å². The van der Waals surface area contributed by atoms with Crippen LogP contribution in [-0.4, -0.2) is 0 Å². The molecule has 0 nitrogen and oxygen atoms in total. The molecule has 0 N–H and O–H groups in total. The summed E-state index contributed by atoms with van der Waals surface area (Å²) in [7, 11) is 0. The van der Waals surface area contributed by atoms with Crippen LogP contribution in [0, 0.1) is 10.8 Å². The van der Waals surface area contributed by atoms with Crippen molar-refractivity contribution in [3.63, 3.8) is 0 Å². The van der Waals surface area contributed by atoms with Gasteiger partial charge in [0.25, 0.3) is 0 Å². The lowest BCUT2D eigenvalue weighted by Crippen LogP contribution is -2.19. The smallest absolute Gasteiger partial charge is 0.0104 e. The molecule has 2 aliphatic rings. The van der Waals surface area contributed by atoms with Crippen LogP contribution in [0.4, 0.5) is 0 Å². The molecule has 0 aromatic rings. The standard InChI is InChI=1S/C39H54/c1-31(19-12-10-11-13-26-36-34(4)24-17-29-38(36,6)7)20-14-15-21-32(2)22-16-23-33(3)27-28-37-35(5)25-18-30-39(37,8)9/h10-16,19-23,26-28H,17-18,24-25,29-30H2,1-9H3/b11-10+,15-14+,19-12+,22-16+,26-13+,28-27+,31-20+,32-21+,33-23+. The Balaban J connectivity index is 1.84. The van der Waals surface area contributed by atoms with Gasteiger partial charge in [0.05, 0.1) is 0 Å². The summed E-state index contributed by atoms with van der Waals surface area (Å²) in [6, 6.07) is 0. The van der Waals surface area contributed by atoms with Crippen LogP contribution in [-0.2, 0) is 0 Å². The van der Waals surface area contributed by atoms with E-state index in [0.717, 1.165) is 0 Å². The Labute approximate surface area is 241 Å². The lowest BCUT2D eigenvalue weighted by Gasteiger charge is -2.32. The summed E-state index contributed by atoms with van der Waals surface area (Å²) in [5, 5.41) is 0. The van der Waals surface area contributed by atoms with Crippen LogP contribution in [0.3, 0.4) is 0 Å². The van der Waals surface area contributed by atoms with E-state index in [2.05, 4.69) is 153 Å². The summed E-state index contributed by atoms with van der Waals surface area (Å²) in [6.45, 7) is 20.5. The maximum absolute atomic E-state index is 2.37. The zero-order valence-corrected chi connectivity index (χ0v) is 26.4. The molecule has 0 aromatic heterocycles. The van der Waals surface area contributed by atoms with Gasteiger partial charge in [0, 0.05) is 0 Å². The van der Waals surface area contributed by atoms with Gasteiger partial charge in [-0.3, -0.25) is 0 Å². The molecular formula is C39H54. The maximum Gasteiger partial charge on any atom is -0.0104 e. The van der Waals surface area contributed by atoms with E-state index in [4.69, 9.17) is 0 Å². The van der Waals surface area contributed by atoms with E-state index in [1.54, 1.807) is 11.1 Å². The highest BCUT2D eigenvalue weighted by atomic mass is 14.3. The van der Waals surface area contributed by atoms with Crippen LogP contribution in [0.15, 0.2) is 130 Å². The summed E-state index contributed by atoms with van der Waals surface area (Å²) in [4.78, 5) is 0. The molecule has 0 bridgehead atoms. The molecule has 2 rings (SSSR count). The summed E-state index contributed by atoms with van der Waals surface area (Å²) in [6.07, 6.45) is 40.2. The van der Waals surface area contributed by atoms with Gasteiger partial charge in [0.15, 0.2) is 0 Å². The third kappa shape index (κ3) is 11.4. The molecule has 0 amide bonds. The zero-order valence-electron chi connectivity index (χ0n) is 26.4. The second-order valence-electron chi connectivity index (χ2n) is 12.8. The third-order valence-electron chi connectivity index (χ3n) is 8.10. The predicted octanol–water partition coefficient (Wildman–Crippen LogP) is 12.2. The second-order valence-corrected chi connectivity index (χ2v) is 12.8. The van der Waals surface area contributed by atoms with Gasteiger partial charge >= 0.3 is 0 Å². The molecule has 0 aromatic carbocycles. The Kier molecular flexibility index (Phi) is 13.0. The maximum atomic E-state index is 2.37. The van der Waals surface area contributed by atoms with Gasteiger partial charge < -0.3 is 0 Å². The summed E-state index contributed by atoms with van der Waals surface area (Å²) in [5.74, 6) is 0. The van der Waals surface area contributed by atoms with Gasteiger partial charge in [0.2, 0.25) is 0 Å². The summed E-state index contributed by atoms with van der Waals surface area (Å²) < 4.78 is 0. The first-order valence-electron chi connectivity index (χ1n) is 14.9. The van der Waals surface area contributed by atoms with E-state index in [9.17, 15) is 0 Å². The minimum absolute atomic E-state index is 0.292. The number of rotatable bonds is 10. The highest BCUT2D eigenvalue weighted by Crippen LogP contribution is 2.41. The number of allylic oxidation sites excluding steroid dienone is 22. The quantitative estimate of drug-likeness (QED) is 0.250. The molecule has 0 heteroatoms. The lowest BCUT2D eigenvalue weighted by atomic mass is 9.72. The fourth-order valence-electron chi connectivity index (χ4n) is 5.66. The highest BCUT2D eigenvalue weighted by molar-refractivity contribution is 5.38. The van der Waals surface area contributed by atoms with Crippen molar-refractivity contribution in [1.29, 1.82) is 0 Å². The van der Waals surface area contributed by atoms with E-state index in [0.29, 0.717) is 10.8 Å². The molecule has 0 unspecified atom stereocenters. The van der Waals surface area contributed by atoms with E-state index in [1.807, 2.05) is 0 Å². The molecule has 0 fully saturated rings. The monoisotopic (exact) mass is 522 g/mol. The number of hydrogen-bond donors (Lipinski definition) is 0. The fourth-order valence-corrected chi connectivity index (χ4v) is 5.66. The normalized spacial score (nSPS) is 21.9. The van der Waals surface area contributed by atoms with Crippen molar-refractivity contribution >= 4 is 0 Å². The van der Waals surface area contributed by atoms with Crippen LogP contribution in [0.2, 0.25) is 0 Å². The predicted molar refractivity (Wildman–Crippen MR) is 177 cm³/mol. The molecule has 0 saturated carbocycles. The van der Waals surface area contributed by atoms with Gasteiger partial charge in [0.1, 0.15) is 0 Å². The fraction of sp³-hybridized carbons (Fsp3) is 0.436. The molecule has 0 aliphatic heterocycles. The lowest BCUT2D eigenvalue weighted by molar-refractivity contribution is 0.376. The van der Waals surface area contributed by atoms with Gasteiger partial charge in [-0.2, -0.15) is 0 Å². The van der Waals surface area contributed by atoms with Gasteiger partial charge in [-0.05, 0) is 95.1 Å². The average Bonchev–Trinajstić information content (AvgIpc) is 2.84. The Morgan fingerprint density at radius 3 is 1.49 bits per heavy atom. The van der Waals surface area contributed by atoms with Crippen molar-refractivity contribution in [1.82, 2.24) is 0 Å². The van der Waals surface area contributed by atoms with E-state index >= 15 is 0 Å². The van der Waals surface area contributed by atoms with Crippen LogP contribution in [0.25, 0.3) is 0 Å². The Morgan fingerprint density at radius 2 is 0.949 bits per heavy atom. The number of hydrogen-bond acceptors (Lipinski definition) is 0. The van der Waals surface area contributed by atoms with Gasteiger partial charge in [-0.25, -0.2) is 0 Å². The van der Waals surface area contributed by atoms with E-state index in [-0.39, 0.29) is 0 Å². The minimum Gasteiger partial charge on any atom is -0.0696 e. The second kappa shape index (κ2) is 15.7. The third-order valence-corrected chi connectivity index (χ3v) is 8.10. The van der Waals surface area contributed by atoms with Crippen molar-refractivity contribution < 1.29 is 0 Å². The molecule has 210 valence electrons. The summed E-state index contributed by atoms with van der Waals surface area (Å²) >= 11 is 0. The van der Waals surface area contributed by atoms with Crippen molar-refractivity contribution in [3.05, 3.63) is 130 Å². The molecular weight excluding hydrogens is 468 g/mol. The van der Waals surface area contributed by atoms with Gasteiger partial charge in [-0.15, -0.1) is 0 Å². The van der Waals surface area contributed by atoms with Crippen molar-refractivity contribution in [2.45, 2.75) is 101 Å². The van der Waals surface area contributed by atoms with Gasteiger partial charge in [-0.1, -0.05) is 147 Å². The average molecular weight is 523 g/mol. The first-order valence-corrected chi connectivity index (χ1v) is 14.9. The van der Waals surface area contributed by atoms with Crippen molar-refractivity contribution in [2.75, 3.05) is 0 Å². The molecule has 0 radical (unpaired) electrons. The molecule has 0 spiro atoms. The van der Waals surface area contributed by atoms with Crippen molar-refractivity contribution in [3.8, 4) is 0 Å². The Morgan fingerprint density at radius 1 is 0.513 bits per heavy atom. The minimum atomic E-state index is 0.292. The Bertz CT molecular complexity index is 1170. The largest absolute Gasteiger partial charge is 0.0696 e. The molecule has 0 atom stereocenters. The van der Waals surface area contributed by atoms with Crippen molar-refractivity contribution in [2.24, 2.45) is 10.8 Å². The van der Waals surface area contributed by atoms with E-state index in [1.165, 1.54) is 66.4 Å². The topological polar surface area (TPSA) is 0 Å². The van der Waals surface area contributed by atoms with Crippen LogP contribution in [0.5, 0.6) is 0 Å². The first kappa shape index (κ1) is 32.4. The highest BCUT2D eigenvalue weighted by Gasteiger charge is 2.27. The molecule has 0 saturated heterocycles. The van der Waals surface area contributed by atoms with E-state index < -0.39 is 0 Å². The SMILES string of the molecule is CC1=C(/C=C/C=C/C=C/C(C)=C/C=C/C=C(C)/C=C/C=C(C)/C=C/C2=C(C)CCCC2(C)C)C(C)(C)CCC1. The summed E-state index contributed by atoms with van der Waals surface area (Å²) in [5.41, 5.74) is 10.4. The molecule has 2 aliphatic carbocycles. The van der Waals surface area contributed by atoms with Crippen LogP contribution in [0.1, 0.15) is 101 Å². The molecule has 0 heterocycles. The molecule has 39 heavy (non-hydrogen) atoms.